The van der Waals surface area contributed by atoms with Crippen molar-refractivity contribution in [1.82, 2.24) is 10.2 Å². The summed E-state index contributed by atoms with van der Waals surface area (Å²) in [6.45, 7) is 2.89. The average molecular weight is 354 g/mol. The number of amides is 2. The molecule has 2 aromatic carbocycles. The van der Waals surface area contributed by atoms with Gasteiger partial charge in [0, 0.05) is 19.0 Å². The van der Waals surface area contributed by atoms with Crippen LogP contribution in [0.3, 0.4) is 0 Å². The minimum atomic E-state index is -0.506. The first-order chi connectivity index (χ1) is 12.6. The van der Waals surface area contributed by atoms with E-state index in [0.29, 0.717) is 25.9 Å². The minimum Gasteiger partial charge on any atom is -0.349 e. The van der Waals surface area contributed by atoms with E-state index in [9.17, 15) is 14.0 Å². The van der Waals surface area contributed by atoms with Crippen LogP contribution < -0.4 is 5.32 Å². The fourth-order valence-electron chi connectivity index (χ4n) is 3.31. The molecule has 2 amide bonds. The molecule has 1 atom stereocenters. The minimum absolute atomic E-state index is 0.0133. The van der Waals surface area contributed by atoms with E-state index in [1.807, 2.05) is 37.3 Å². The molecule has 1 fully saturated rings. The predicted octanol–water partition coefficient (Wildman–Crippen LogP) is 3.56. The maximum Gasteiger partial charge on any atom is 0.256 e. The van der Waals surface area contributed by atoms with E-state index in [1.54, 1.807) is 17.0 Å². The van der Waals surface area contributed by atoms with Gasteiger partial charge in [0.15, 0.2) is 0 Å². The second-order valence-corrected chi connectivity index (χ2v) is 6.69. The molecule has 1 saturated heterocycles. The van der Waals surface area contributed by atoms with E-state index in [4.69, 9.17) is 0 Å². The highest BCUT2D eigenvalue weighted by atomic mass is 19.1. The standard InChI is InChI=1S/C21H23FN2O2/c1-15(16-7-3-2-4-8-16)23-20(25)17-11-13-24(14-12-17)21(26)18-9-5-6-10-19(18)22/h2-10,15,17H,11-14H2,1H3,(H,23,25). The molecule has 0 radical (unpaired) electrons. The van der Waals surface area contributed by atoms with Gasteiger partial charge in [-0.3, -0.25) is 9.59 Å². The third-order valence-corrected chi connectivity index (χ3v) is 4.92. The Kier molecular flexibility index (Phi) is 5.66. The Morgan fingerprint density at radius 2 is 1.65 bits per heavy atom. The van der Waals surface area contributed by atoms with Crippen molar-refractivity contribution < 1.29 is 14.0 Å². The Morgan fingerprint density at radius 1 is 1.04 bits per heavy atom. The molecule has 1 heterocycles. The summed E-state index contributed by atoms with van der Waals surface area (Å²) in [4.78, 5) is 26.6. The number of rotatable bonds is 4. The Bertz CT molecular complexity index is 771. The summed E-state index contributed by atoms with van der Waals surface area (Å²) in [6, 6.07) is 15.8. The number of nitrogens with one attached hydrogen (secondary N) is 1. The molecule has 2 aromatic rings. The van der Waals surface area contributed by atoms with Gasteiger partial charge in [0.25, 0.3) is 5.91 Å². The first-order valence-corrected chi connectivity index (χ1v) is 8.95. The highest BCUT2D eigenvalue weighted by molar-refractivity contribution is 5.94. The van der Waals surface area contributed by atoms with Crippen LogP contribution in [0.15, 0.2) is 54.6 Å². The van der Waals surface area contributed by atoms with Crippen molar-refractivity contribution in [3.63, 3.8) is 0 Å². The molecular formula is C21H23FN2O2. The third kappa shape index (κ3) is 4.10. The van der Waals surface area contributed by atoms with Crippen molar-refractivity contribution in [2.24, 2.45) is 5.92 Å². The Balaban J connectivity index is 1.54. The number of hydrogen-bond donors (Lipinski definition) is 1. The van der Waals surface area contributed by atoms with E-state index in [0.717, 1.165) is 5.56 Å². The number of halogens is 1. The highest BCUT2D eigenvalue weighted by Crippen LogP contribution is 2.21. The van der Waals surface area contributed by atoms with Crippen LogP contribution in [-0.4, -0.2) is 29.8 Å². The maximum absolute atomic E-state index is 13.8. The molecule has 0 aromatic heterocycles. The number of piperidine rings is 1. The van der Waals surface area contributed by atoms with Crippen LogP contribution in [0, 0.1) is 11.7 Å². The molecule has 1 unspecified atom stereocenters. The fourth-order valence-corrected chi connectivity index (χ4v) is 3.31. The molecule has 1 N–H and O–H groups in total. The van der Waals surface area contributed by atoms with Crippen molar-refractivity contribution in [1.29, 1.82) is 0 Å². The average Bonchev–Trinajstić information content (AvgIpc) is 2.68. The molecule has 5 heteroatoms. The monoisotopic (exact) mass is 354 g/mol. The van der Waals surface area contributed by atoms with Gasteiger partial charge in [-0.1, -0.05) is 42.5 Å². The summed E-state index contributed by atoms with van der Waals surface area (Å²) in [5.41, 5.74) is 1.15. The second-order valence-electron chi connectivity index (χ2n) is 6.69. The van der Waals surface area contributed by atoms with E-state index in [1.165, 1.54) is 12.1 Å². The number of hydrogen-bond acceptors (Lipinski definition) is 2. The lowest BCUT2D eigenvalue weighted by Gasteiger charge is -2.32. The van der Waals surface area contributed by atoms with Crippen LogP contribution in [0.1, 0.15) is 41.7 Å². The summed E-state index contributed by atoms with van der Waals surface area (Å²) < 4.78 is 13.8. The van der Waals surface area contributed by atoms with Crippen LogP contribution in [0.25, 0.3) is 0 Å². The van der Waals surface area contributed by atoms with Gasteiger partial charge >= 0.3 is 0 Å². The molecule has 1 aliphatic heterocycles. The van der Waals surface area contributed by atoms with Gasteiger partial charge in [0.05, 0.1) is 11.6 Å². The summed E-state index contributed by atoms with van der Waals surface area (Å²) in [5, 5.41) is 3.05. The molecular weight excluding hydrogens is 331 g/mol. The molecule has 3 rings (SSSR count). The molecule has 0 aliphatic carbocycles. The fraction of sp³-hybridized carbons (Fsp3) is 0.333. The highest BCUT2D eigenvalue weighted by Gasteiger charge is 2.29. The smallest absolute Gasteiger partial charge is 0.256 e. The summed E-state index contributed by atoms with van der Waals surface area (Å²) in [6.07, 6.45) is 1.18. The quantitative estimate of drug-likeness (QED) is 0.913. The molecule has 0 spiro atoms. The van der Waals surface area contributed by atoms with Gasteiger partial charge in [0.2, 0.25) is 5.91 Å². The lowest BCUT2D eigenvalue weighted by Crippen LogP contribution is -2.43. The van der Waals surface area contributed by atoms with Crippen LogP contribution >= 0.6 is 0 Å². The first kappa shape index (κ1) is 18.1. The SMILES string of the molecule is CC(NC(=O)C1CCN(C(=O)c2ccccc2F)CC1)c1ccccc1. The van der Waals surface area contributed by atoms with Gasteiger partial charge in [-0.25, -0.2) is 4.39 Å². The van der Waals surface area contributed by atoms with Gasteiger partial charge in [0.1, 0.15) is 5.82 Å². The predicted molar refractivity (Wildman–Crippen MR) is 98.0 cm³/mol. The lowest BCUT2D eigenvalue weighted by molar-refractivity contribution is -0.127. The second kappa shape index (κ2) is 8.13. The van der Waals surface area contributed by atoms with Gasteiger partial charge in [-0.15, -0.1) is 0 Å². The lowest BCUT2D eigenvalue weighted by atomic mass is 9.94. The number of nitrogens with zero attached hydrogens (tertiary/aromatic N) is 1. The van der Waals surface area contributed by atoms with Crippen molar-refractivity contribution in [2.45, 2.75) is 25.8 Å². The maximum atomic E-state index is 13.8. The zero-order valence-electron chi connectivity index (χ0n) is 14.8. The van der Waals surface area contributed by atoms with E-state index < -0.39 is 5.82 Å². The number of benzene rings is 2. The van der Waals surface area contributed by atoms with Crippen LogP contribution in [0.2, 0.25) is 0 Å². The number of carbonyl (C=O) groups is 2. The van der Waals surface area contributed by atoms with Crippen molar-refractivity contribution in [3.8, 4) is 0 Å². The van der Waals surface area contributed by atoms with Gasteiger partial charge in [-0.05, 0) is 37.5 Å². The van der Waals surface area contributed by atoms with Crippen molar-refractivity contribution in [2.75, 3.05) is 13.1 Å². The van der Waals surface area contributed by atoms with E-state index >= 15 is 0 Å². The number of carbonyl (C=O) groups excluding carboxylic acids is 2. The summed E-state index contributed by atoms with van der Waals surface area (Å²) in [5.74, 6) is -0.918. The van der Waals surface area contributed by atoms with Crippen LogP contribution in [-0.2, 0) is 4.79 Å². The van der Waals surface area contributed by atoms with Gasteiger partial charge in [-0.2, -0.15) is 0 Å². The first-order valence-electron chi connectivity index (χ1n) is 8.95. The van der Waals surface area contributed by atoms with Crippen LogP contribution in [0.5, 0.6) is 0 Å². The number of likely N-dealkylation sites (tertiary alicyclic amines) is 1. The Morgan fingerprint density at radius 3 is 2.31 bits per heavy atom. The van der Waals surface area contributed by atoms with E-state index in [2.05, 4.69) is 5.32 Å². The molecule has 136 valence electrons. The zero-order chi connectivity index (χ0) is 18.5. The molecule has 0 saturated carbocycles. The Hall–Kier alpha value is -2.69. The molecule has 4 nitrogen and oxygen atoms in total. The largest absolute Gasteiger partial charge is 0.349 e. The molecule has 26 heavy (non-hydrogen) atoms. The molecule has 1 aliphatic rings. The normalized spacial score (nSPS) is 16.2. The Labute approximate surface area is 153 Å². The zero-order valence-corrected chi connectivity index (χ0v) is 14.8. The van der Waals surface area contributed by atoms with Gasteiger partial charge < -0.3 is 10.2 Å². The third-order valence-electron chi connectivity index (χ3n) is 4.92. The van der Waals surface area contributed by atoms with E-state index in [-0.39, 0.29) is 29.3 Å². The summed E-state index contributed by atoms with van der Waals surface area (Å²) in [7, 11) is 0. The topological polar surface area (TPSA) is 49.4 Å². The molecule has 0 bridgehead atoms. The van der Waals surface area contributed by atoms with Crippen molar-refractivity contribution in [3.05, 3.63) is 71.5 Å². The van der Waals surface area contributed by atoms with Crippen LogP contribution in [0.4, 0.5) is 4.39 Å². The van der Waals surface area contributed by atoms with Crippen molar-refractivity contribution >= 4 is 11.8 Å². The summed E-state index contributed by atoms with van der Waals surface area (Å²) >= 11 is 0.